The number of carbonyl (C=O) groups is 1. The first-order valence-electron chi connectivity index (χ1n) is 5.34. The lowest BCUT2D eigenvalue weighted by Gasteiger charge is -2.05. The van der Waals surface area contributed by atoms with E-state index in [0.29, 0.717) is 4.47 Å². The van der Waals surface area contributed by atoms with Gasteiger partial charge in [-0.25, -0.2) is 4.39 Å². The number of benzene rings is 2. The summed E-state index contributed by atoms with van der Waals surface area (Å²) in [5.74, 6) is -1.26. The molecule has 4 nitrogen and oxygen atoms in total. The van der Waals surface area contributed by atoms with E-state index in [1.54, 1.807) is 0 Å². The van der Waals surface area contributed by atoms with Gasteiger partial charge in [0, 0.05) is 27.7 Å². The number of non-ortho nitro benzene ring substituents is 1. The molecule has 0 radical (unpaired) electrons. The molecule has 0 aliphatic carbocycles. The molecule has 0 bridgehead atoms. The fraction of sp³-hybridized carbons (Fsp3) is 0. The predicted molar refractivity (Wildman–Crippen MR) is 75.6 cm³/mol. The molecule has 0 aliphatic heterocycles. The molecule has 2 aromatic carbocycles. The molecule has 2 aromatic rings. The lowest BCUT2D eigenvalue weighted by atomic mass is 10.0. The zero-order chi connectivity index (χ0) is 14.9. The number of halogens is 3. The van der Waals surface area contributed by atoms with Gasteiger partial charge >= 0.3 is 0 Å². The van der Waals surface area contributed by atoms with Crippen LogP contribution in [0.3, 0.4) is 0 Å². The minimum atomic E-state index is -0.733. The molecule has 0 atom stereocenters. The lowest BCUT2D eigenvalue weighted by Crippen LogP contribution is -2.04. The van der Waals surface area contributed by atoms with Crippen LogP contribution in [0, 0.1) is 15.9 Å². The molecule has 0 unspecified atom stereocenters. The van der Waals surface area contributed by atoms with Crippen LogP contribution >= 0.6 is 27.5 Å². The van der Waals surface area contributed by atoms with Gasteiger partial charge in [0.15, 0.2) is 5.78 Å². The Hall–Kier alpha value is -1.79. The number of carbonyl (C=O) groups excluding carboxylic acids is 1. The van der Waals surface area contributed by atoms with Crippen LogP contribution in [0.1, 0.15) is 15.9 Å². The summed E-state index contributed by atoms with van der Waals surface area (Å²) < 4.78 is 13.7. The van der Waals surface area contributed by atoms with E-state index in [1.165, 1.54) is 24.3 Å². The minimum absolute atomic E-state index is 0.0485. The third-order valence-electron chi connectivity index (χ3n) is 2.57. The predicted octanol–water partition coefficient (Wildman–Crippen LogP) is 4.38. The maximum Gasteiger partial charge on any atom is 0.270 e. The number of nitro benzene ring substituents is 1. The Bertz CT molecular complexity index is 721. The summed E-state index contributed by atoms with van der Waals surface area (Å²) >= 11 is 8.72. The van der Waals surface area contributed by atoms with Crippen molar-refractivity contribution in [2.45, 2.75) is 0 Å². The monoisotopic (exact) mass is 357 g/mol. The highest BCUT2D eigenvalue weighted by atomic mass is 79.9. The maximum absolute atomic E-state index is 13.4. The molecule has 20 heavy (non-hydrogen) atoms. The minimum Gasteiger partial charge on any atom is -0.289 e. The summed E-state index contributed by atoms with van der Waals surface area (Å²) in [4.78, 5) is 22.3. The van der Waals surface area contributed by atoms with Crippen LogP contribution in [0.4, 0.5) is 10.1 Å². The van der Waals surface area contributed by atoms with E-state index in [9.17, 15) is 19.3 Å². The SMILES string of the molecule is O=C(c1cccc([N+](=O)[O-])c1)c1cc(F)c(Cl)cc1Br. The van der Waals surface area contributed by atoms with Gasteiger partial charge in [-0.2, -0.15) is 0 Å². The molecule has 7 heteroatoms. The zero-order valence-corrected chi connectivity index (χ0v) is 12.1. The van der Waals surface area contributed by atoms with Crippen LogP contribution < -0.4 is 0 Å². The second-order valence-electron chi connectivity index (χ2n) is 3.88. The number of rotatable bonds is 3. The molecule has 0 spiro atoms. The molecule has 0 fully saturated rings. The van der Waals surface area contributed by atoms with Crippen LogP contribution in [0.2, 0.25) is 5.02 Å². The molecule has 0 aromatic heterocycles. The van der Waals surface area contributed by atoms with Gasteiger partial charge in [0.05, 0.1) is 9.95 Å². The Labute approximate surface area is 126 Å². The highest BCUT2D eigenvalue weighted by Gasteiger charge is 2.17. The summed E-state index contributed by atoms with van der Waals surface area (Å²) in [7, 11) is 0. The standard InChI is InChI=1S/C13H6BrClFNO3/c14-10-6-11(15)12(16)5-9(10)13(18)7-2-1-3-8(4-7)17(19)20/h1-6H. The first-order valence-corrected chi connectivity index (χ1v) is 6.51. The molecule has 0 aliphatic rings. The normalized spacial score (nSPS) is 10.3. The van der Waals surface area contributed by atoms with Gasteiger partial charge in [-0.15, -0.1) is 0 Å². The zero-order valence-electron chi connectivity index (χ0n) is 9.77. The summed E-state index contributed by atoms with van der Waals surface area (Å²) in [6.07, 6.45) is 0. The van der Waals surface area contributed by atoms with Crippen LogP contribution in [-0.2, 0) is 0 Å². The largest absolute Gasteiger partial charge is 0.289 e. The first-order chi connectivity index (χ1) is 9.40. The lowest BCUT2D eigenvalue weighted by molar-refractivity contribution is -0.384. The Kier molecular flexibility index (Phi) is 4.15. The first kappa shape index (κ1) is 14.6. The van der Waals surface area contributed by atoms with Crippen molar-refractivity contribution < 1.29 is 14.1 Å². The number of ketones is 1. The molecular weight excluding hydrogens is 353 g/mol. The van der Waals surface area contributed by atoms with Crippen molar-refractivity contribution in [1.82, 2.24) is 0 Å². The summed E-state index contributed by atoms with van der Waals surface area (Å²) in [5, 5.41) is 10.6. The molecule has 0 saturated carbocycles. The van der Waals surface area contributed by atoms with Crippen LogP contribution in [0.15, 0.2) is 40.9 Å². The van der Waals surface area contributed by atoms with Gasteiger partial charge in [0.1, 0.15) is 5.82 Å². The van der Waals surface area contributed by atoms with E-state index in [-0.39, 0.29) is 21.8 Å². The quantitative estimate of drug-likeness (QED) is 0.354. The third-order valence-corrected chi connectivity index (χ3v) is 3.52. The van der Waals surface area contributed by atoms with Crippen molar-refractivity contribution >= 4 is 39.0 Å². The van der Waals surface area contributed by atoms with E-state index in [4.69, 9.17) is 11.6 Å². The Morgan fingerprint density at radius 2 is 2.00 bits per heavy atom. The molecule has 0 N–H and O–H groups in total. The number of hydrogen-bond donors (Lipinski definition) is 0. The highest BCUT2D eigenvalue weighted by molar-refractivity contribution is 9.10. The highest BCUT2D eigenvalue weighted by Crippen LogP contribution is 2.27. The van der Waals surface area contributed by atoms with Gasteiger partial charge in [-0.05, 0) is 28.1 Å². The van der Waals surface area contributed by atoms with E-state index in [1.807, 2.05) is 0 Å². The van der Waals surface area contributed by atoms with Gasteiger partial charge in [-0.1, -0.05) is 23.7 Å². The second kappa shape index (κ2) is 5.68. The topological polar surface area (TPSA) is 60.2 Å². The van der Waals surface area contributed by atoms with Crippen LogP contribution in [-0.4, -0.2) is 10.7 Å². The van der Waals surface area contributed by atoms with Crippen molar-refractivity contribution in [1.29, 1.82) is 0 Å². The van der Waals surface area contributed by atoms with Crippen molar-refractivity contribution in [3.63, 3.8) is 0 Å². The molecule has 0 saturated heterocycles. The van der Waals surface area contributed by atoms with E-state index in [0.717, 1.165) is 12.1 Å². The Morgan fingerprint density at radius 1 is 1.30 bits per heavy atom. The van der Waals surface area contributed by atoms with Gasteiger partial charge in [0.2, 0.25) is 0 Å². The van der Waals surface area contributed by atoms with Gasteiger partial charge < -0.3 is 0 Å². The maximum atomic E-state index is 13.4. The Morgan fingerprint density at radius 3 is 2.65 bits per heavy atom. The van der Waals surface area contributed by atoms with Crippen molar-refractivity contribution in [2.24, 2.45) is 0 Å². The molecular formula is C13H6BrClFNO3. The third kappa shape index (κ3) is 2.86. The average Bonchev–Trinajstić information content (AvgIpc) is 2.42. The van der Waals surface area contributed by atoms with E-state index in [2.05, 4.69) is 15.9 Å². The molecule has 0 heterocycles. The fourth-order valence-corrected chi connectivity index (χ4v) is 2.43. The second-order valence-corrected chi connectivity index (χ2v) is 5.14. The summed E-state index contributed by atoms with van der Waals surface area (Å²) in [5.41, 5.74) is -0.0598. The molecule has 0 amide bonds. The average molecular weight is 359 g/mol. The Balaban J connectivity index is 2.49. The van der Waals surface area contributed by atoms with Crippen molar-refractivity contribution in [3.05, 3.63) is 73.0 Å². The fourth-order valence-electron chi connectivity index (χ4n) is 1.61. The number of nitrogens with zero attached hydrogens (tertiary/aromatic N) is 1. The summed E-state index contributed by atoms with van der Waals surface area (Å²) in [6, 6.07) is 7.49. The van der Waals surface area contributed by atoms with Crippen LogP contribution in [0.25, 0.3) is 0 Å². The number of nitro groups is 1. The van der Waals surface area contributed by atoms with Crippen molar-refractivity contribution in [2.75, 3.05) is 0 Å². The van der Waals surface area contributed by atoms with Gasteiger partial charge in [0.25, 0.3) is 5.69 Å². The number of hydrogen-bond acceptors (Lipinski definition) is 3. The van der Waals surface area contributed by atoms with E-state index >= 15 is 0 Å². The molecule has 2 rings (SSSR count). The van der Waals surface area contributed by atoms with Crippen molar-refractivity contribution in [3.8, 4) is 0 Å². The van der Waals surface area contributed by atoms with E-state index < -0.39 is 16.5 Å². The van der Waals surface area contributed by atoms with Crippen LogP contribution in [0.5, 0.6) is 0 Å². The van der Waals surface area contributed by atoms with Gasteiger partial charge in [-0.3, -0.25) is 14.9 Å². The summed E-state index contributed by atoms with van der Waals surface area (Å²) in [6.45, 7) is 0. The smallest absolute Gasteiger partial charge is 0.270 e. The molecule has 102 valence electrons.